The monoisotopic (exact) mass is 209 g/mol. The molecule has 0 bridgehead atoms. The van der Waals surface area contributed by atoms with Crippen LogP contribution in [0.1, 0.15) is 5.69 Å². The van der Waals surface area contributed by atoms with E-state index >= 15 is 0 Å². The number of amidine groups is 1. The first-order valence-corrected chi connectivity index (χ1v) is 5.04. The molecule has 0 saturated heterocycles. The molecule has 1 heterocycles. The zero-order valence-electron chi connectivity index (χ0n) is 7.69. The largest absolute Gasteiger partial charge is 0.404 e. The Labute approximate surface area is 86.1 Å². The Morgan fingerprint density at radius 2 is 2.29 bits per heavy atom. The topological polar surface area (TPSA) is 102 Å². The van der Waals surface area contributed by atoms with Crippen LogP contribution in [-0.2, 0) is 0 Å². The van der Waals surface area contributed by atoms with Crippen LogP contribution >= 0.6 is 11.8 Å². The first-order valence-electron chi connectivity index (χ1n) is 3.81. The van der Waals surface area contributed by atoms with Gasteiger partial charge in [0.2, 0.25) is 0 Å². The van der Waals surface area contributed by atoms with E-state index in [0.717, 1.165) is 5.03 Å². The van der Waals surface area contributed by atoms with E-state index in [0.29, 0.717) is 11.3 Å². The molecule has 0 fully saturated rings. The lowest BCUT2D eigenvalue weighted by atomic mass is 10.2. The van der Waals surface area contributed by atoms with Crippen LogP contribution in [0, 0.1) is 5.41 Å². The predicted molar refractivity (Wildman–Crippen MR) is 57.9 cm³/mol. The lowest BCUT2D eigenvalue weighted by Crippen LogP contribution is -2.14. The van der Waals surface area contributed by atoms with E-state index in [1.807, 2.05) is 6.26 Å². The molecular formula is C8H11N5S. The molecule has 0 saturated carbocycles. The molecule has 14 heavy (non-hydrogen) atoms. The molecule has 0 spiro atoms. The number of thioether (sulfide) groups is 1. The third-order valence-corrected chi connectivity index (χ3v) is 2.23. The van der Waals surface area contributed by atoms with Crippen molar-refractivity contribution in [3.63, 3.8) is 0 Å². The number of nitrogens with two attached hydrogens (primary N) is 2. The van der Waals surface area contributed by atoms with Gasteiger partial charge in [0, 0.05) is 6.20 Å². The molecule has 0 aliphatic carbocycles. The minimum absolute atomic E-state index is 0.0988. The van der Waals surface area contributed by atoms with Gasteiger partial charge in [-0.2, -0.15) is 0 Å². The molecule has 0 aliphatic heterocycles. The highest BCUT2D eigenvalue weighted by molar-refractivity contribution is 7.98. The van der Waals surface area contributed by atoms with Crippen LogP contribution in [0.4, 0.5) is 0 Å². The van der Waals surface area contributed by atoms with E-state index in [2.05, 4.69) is 9.97 Å². The zero-order valence-corrected chi connectivity index (χ0v) is 8.51. The standard InChI is InChI=1S/C8H11N5S/c1-14-7-2-6(12-4-13-7)5(3-9)8(10)11/h2-4H,9H2,1H3,(H3,10,11). The molecule has 0 unspecified atom stereocenters. The molecule has 0 atom stereocenters. The normalized spacial score (nSPS) is 11.4. The Kier molecular flexibility index (Phi) is 3.47. The molecule has 1 aromatic heterocycles. The molecule has 6 heteroatoms. The van der Waals surface area contributed by atoms with Crippen molar-refractivity contribution in [3.8, 4) is 0 Å². The van der Waals surface area contributed by atoms with Gasteiger partial charge < -0.3 is 11.5 Å². The Morgan fingerprint density at radius 1 is 1.57 bits per heavy atom. The molecule has 74 valence electrons. The van der Waals surface area contributed by atoms with E-state index in [9.17, 15) is 0 Å². The van der Waals surface area contributed by atoms with Crippen LogP contribution in [0.3, 0.4) is 0 Å². The second kappa shape index (κ2) is 4.61. The second-order valence-electron chi connectivity index (χ2n) is 2.44. The molecule has 5 N–H and O–H groups in total. The third-order valence-electron chi connectivity index (χ3n) is 1.58. The minimum Gasteiger partial charge on any atom is -0.404 e. The highest BCUT2D eigenvalue weighted by atomic mass is 32.2. The highest BCUT2D eigenvalue weighted by Gasteiger charge is 2.06. The zero-order chi connectivity index (χ0) is 10.6. The van der Waals surface area contributed by atoms with Gasteiger partial charge in [-0.25, -0.2) is 9.97 Å². The first-order chi connectivity index (χ1) is 6.69. The first kappa shape index (κ1) is 10.5. The summed E-state index contributed by atoms with van der Waals surface area (Å²) in [6, 6.07) is 1.74. The van der Waals surface area contributed by atoms with Gasteiger partial charge in [-0.1, -0.05) is 0 Å². The van der Waals surface area contributed by atoms with Crippen LogP contribution < -0.4 is 11.5 Å². The number of nitrogens with zero attached hydrogens (tertiary/aromatic N) is 2. The lowest BCUT2D eigenvalue weighted by molar-refractivity contribution is 1.03. The van der Waals surface area contributed by atoms with E-state index in [1.54, 1.807) is 6.07 Å². The van der Waals surface area contributed by atoms with Crippen molar-refractivity contribution in [3.05, 3.63) is 24.3 Å². The van der Waals surface area contributed by atoms with Crippen molar-refractivity contribution < 1.29 is 0 Å². The van der Waals surface area contributed by atoms with Gasteiger partial charge in [-0.3, -0.25) is 5.41 Å². The summed E-state index contributed by atoms with van der Waals surface area (Å²) in [5.74, 6) is -0.0988. The van der Waals surface area contributed by atoms with E-state index in [-0.39, 0.29) is 5.84 Å². The van der Waals surface area contributed by atoms with Gasteiger partial charge in [0.15, 0.2) is 0 Å². The summed E-state index contributed by atoms with van der Waals surface area (Å²) in [5, 5.41) is 8.09. The summed E-state index contributed by atoms with van der Waals surface area (Å²) in [4.78, 5) is 7.99. The predicted octanol–water partition coefficient (Wildman–Crippen LogP) is 0.434. The van der Waals surface area contributed by atoms with Gasteiger partial charge in [-0.15, -0.1) is 11.8 Å². The molecule has 0 aromatic carbocycles. The van der Waals surface area contributed by atoms with E-state index in [4.69, 9.17) is 16.9 Å². The fourth-order valence-corrected chi connectivity index (χ4v) is 1.29. The number of nitrogens with one attached hydrogen (secondary N) is 1. The van der Waals surface area contributed by atoms with E-state index in [1.165, 1.54) is 24.3 Å². The fraction of sp³-hybridized carbons (Fsp3) is 0.125. The summed E-state index contributed by atoms with van der Waals surface area (Å²) >= 11 is 1.49. The highest BCUT2D eigenvalue weighted by Crippen LogP contribution is 2.15. The number of rotatable bonds is 3. The number of aromatic nitrogens is 2. The maximum atomic E-state index is 7.28. The Morgan fingerprint density at radius 3 is 2.79 bits per heavy atom. The van der Waals surface area contributed by atoms with Gasteiger partial charge >= 0.3 is 0 Å². The molecule has 0 aliphatic rings. The molecule has 1 aromatic rings. The summed E-state index contributed by atoms with van der Waals surface area (Å²) in [6.07, 6.45) is 4.61. The third kappa shape index (κ3) is 2.23. The average Bonchev–Trinajstić information content (AvgIpc) is 2.19. The Hall–Kier alpha value is -1.56. The van der Waals surface area contributed by atoms with Gasteiger partial charge in [-0.05, 0) is 12.3 Å². The van der Waals surface area contributed by atoms with Crippen LogP contribution in [0.2, 0.25) is 0 Å². The molecule has 0 amide bonds. The van der Waals surface area contributed by atoms with Crippen LogP contribution in [0.25, 0.3) is 5.57 Å². The van der Waals surface area contributed by atoms with Crippen LogP contribution in [-0.4, -0.2) is 22.1 Å². The number of hydrogen-bond acceptors (Lipinski definition) is 5. The van der Waals surface area contributed by atoms with Crippen molar-refractivity contribution in [1.29, 1.82) is 5.41 Å². The SMILES string of the molecule is CSc1cc(C(=CN)C(=N)N)ncn1. The van der Waals surface area contributed by atoms with Crippen molar-refractivity contribution in [1.82, 2.24) is 9.97 Å². The molecule has 0 radical (unpaired) electrons. The molecule has 5 nitrogen and oxygen atoms in total. The van der Waals surface area contributed by atoms with Crippen LogP contribution in [0.5, 0.6) is 0 Å². The smallest absolute Gasteiger partial charge is 0.126 e. The second-order valence-corrected chi connectivity index (χ2v) is 3.27. The molecular weight excluding hydrogens is 198 g/mol. The Bertz CT molecular complexity index is 374. The Balaban J connectivity index is 3.11. The van der Waals surface area contributed by atoms with Crippen molar-refractivity contribution in [2.75, 3.05) is 6.26 Å². The van der Waals surface area contributed by atoms with Crippen molar-refractivity contribution in [2.45, 2.75) is 5.03 Å². The quantitative estimate of drug-likeness (QED) is 0.290. The summed E-state index contributed by atoms with van der Waals surface area (Å²) in [7, 11) is 0. The summed E-state index contributed by atoms with van der Waals surface area (Å²) in [5.41, 5.74) is 11.7. The maximum Gasteiger partial charge on any atom is 0.126 e. The molecule has 1 rings (SSSR count). The minimum atomic E-state index is -0.0988. The van der Waals surface area contributed by atoms with Crippen molar-refractivity contribution in [2.24, 2.45) is 11.5 Å². The van der Waals surface area contributed by atoms with Gasteiger partial charge in [0.1, 0.15) is 12.2 Å². The van der Waals surface area contributed by atoms with Crippen LogP contribution in [0.15, 0.2) is 23.6 Å². The fourth-order valence-electron chi connectivity index (χ4n) is 0.912. The summed E-state index contributed by atoms with van der Waals surface area (Å²) in [6.45, 7) is 0. The van der Waals surface area contributed by atoms with Gasteiger partial charge in [0.25, 0.3) is 0 Å². The van der Waals surface area contributed by atoms with E-state index < -0.39 is 0 Å². The average molecular weight is 209 g/mol. The summed E-state index contributed by atoms with van der Waals surface area (Å²) < 4.78 is 0. The van der Waals surface area contributed by atoms with Crippen molar-refractivity contribution >= 4 is 23.2 Å². The maximum absolute atomic E-state index is 7.28. The number of hydrogen-bond donors (Lipinski definition) is 3. The lowest BCUT2D eigenvalue weighted by Gasteiger charge is -2.04. The van der Waals surface area contributed by atoms with Gasteiger partial charge in [0.05, 0.1) is 16.3 Å².